The Hall–Kier alpha value is -2.31. The van der Waals surface area contributed by atoms with Crippen LogP contribution in [0.3, 0.4) is 0 Å². The predicted octanol–water partition coefficient (Wildman–Crippen LogP) is 4.28. The van der Waals surface area contributed by atoms with Gasteiger partial charge in [-0.3, -0.25) is 0 Å². The van der Waals surface area contributed by atoms with Crippen LogP contribution in [0.25, 0.3) is 0 Å². The summed E-state index contributed by atoms with van der Waals surface area (Å²) in [5.41, 5.74) is -1.68. The van der Waals surface area contributed by atoms with E-state index < -0.39 is 11.6 Å². The largest absolute Gasteiger partial charge is 0.493 e. The summed E-state index contributed by atoms with van der Waals surface area (Å²) in [7, 11) is 0. The molecular weight excluding hydrogens is 418 g/mol. The van der Waals surface area contributed by atoms with E-state index >= 15 is 0 Å². The second-order valence-electron chi connectivity index (χ2n) is 10.2. The van der Waals surface area contributed by atoms with Crippen LogP contribution in [0.15, 0.2) is 53.1 Å². The number of furan rings is 1. The second kappa shape index (κ2) is 9.51. The molecule has 3 aliphatic heterocycles. The maximum Gasteiger partial charge on any atom is 0.346 e. The first-order valence-electron chi connectivity index (χ1n) is 12.6. The smallest absolute Gasteiger partial charge is 0.346 e. The summed E-state index contributed by atoms with van der Waals surface area (Å²) < 4.78 is 18.5. The number of hydrogen-bond donors (Lipinski definition) is 1. The zero-order valence-electron chi connectivity index (χ0n) is 19.4. The number of aliphatic hydroxyl groups is 1. The lowest BCUT2D eigenvalue weighted by Crippen LogP contribution is -2.65. The van der Waals surface area contributed by atoms with Gasteiger partial charge in [-0.05, 0) is 37.1 Å². The van der Waals surface area contributed by atoms with E-state index in [1.165, 1.54) is 6.26 Å². The van der Waals surface area contributed by atoms with E-state index in [4.69, 9.17) is 13.9 Å². The first-order valence-corrected chi connectivity index (χ1v) is 12.6. The van der Waals surface area contributed by atoms with Crippen LogP contribution in [0.2, 0.25) is 0 Å². The van der Waals surface area contributed by atoms with Gasteiger partial charge in [0.25, 0.3) is 0 Å². The van der Waals surface area contributed by atoms with Crippen molar-refractivity contribution in [2.75, 3.05) is 32.8 Å². The average molecular weight is 455 g/mol. The van der Waals surface area contributed by atoms with E-state index in [2.05, 4.69) is 0 Å². The van der Waals surface area contributed by atoms with E-state index in [0.29, 0.717) is 18.3 Å². The summed E-state index contributed by atoms with van der Waals surface area (Å²) in [6.07, 6.45) is 8.19. The third-order valence-electron chi connectivity index (χ3n) is 8.24. The minimum absolute atomic E-state index is 0.141. The normalized spacial score (nSPS) is 29.0. The van der Waals surface area contributed by atoms with Gasteiger partial charge >= 0.3 is 5.97 Å². The van der Waals surface area contributed by atoms with E-state index in [1.54, 1.807) is 12.1 Å². The number of carbonyl (C=O) groups excluding carboxylic acids is 1. The molecule has 2 bridgehead atoms. The molecular formula is C27H36NO5+. The molecule has 178 valence electrons. The van der Waals surface area contributed by atoms with Gasteiger partial charge in [-0.2, -0.15) is 0 Å². The predicted molar refractivity (Wildman–Crippen MR) is 123 cm³/mol. The minimum Gasteiger partial charge on any atom is -0.493 e. The van der Waals surface area contributed by atoms with Crippen molar-refractivity contribution in [2.45, 2.75) is 56.7 Å². The number of benzene rings is 1. The lowest BCUT2D eigenvalue weighted by atomic mass is 9.81. The van der Waals surface area contributed by atoms with E-state index in [1.807, 2.05) is 30.3 Å². The van der Waals surface area contributed by atoms with Crippen LogP contribution >= 0.6 is 0 Å². The Kier molecular flexibility index (Phi) is 6.48. The summed E-state index contributed by atoms with van der Waals surface area (Å²) in [4.78, 5) is 13.5. The summed E-state index contributed by atoms with van der Waals surface area (Å²) in [5, 5.41) is 11.6. The van der Waals surface area contributed by atoms with Crippen molar-refractivity contribution in [2.24, 2.45) is 11.8 Å². The summed E-state index contributed by atoms with van der Waals surface area (Å²) in [5.74, 6) is 0.955. The fourth-order valence-corrected chi connectivity index (χ4v) is 6.31. The number of hydrogen-bond acceptors (Lipinski definition) is 5. The number of esters is 1. The molecule has 4 aliphatic rings. The van der Waals surface area contributed by atoms with Gasteiger partial charge < -0.3 is 23.5 Å². The lowest BCUT2D eigenvalue weighted by Gasteiger charge is -2.52. The number of nitrogens with zero attached hydrogens (tertiary/aromatic N) is 1. The highest BCUT2D eigenvalue weighted by molar-refractivity contribution is 5.81. The molecule has 0 unspecified atom stereocenters. The van der Waals surface area contributed by atoms with Gasteiger partial charge in [-0.25, -0.2) is 4.79 Å². The number of ether oxygens (including phenoxy) is 2. The molecule has 2 atom stereocenters. The summed E-state index contributed by atoms with van der Waals surface area (Å²) in [6.45, 7) is 4.82. The third kappa shape index (κ3) is 4.56. The molecule has 4 fully saturated rings. The lowest BCUT2D eigenvalue weighted by molar-refractivity contribution is -0.946. The molecule has 3 saturated heterocycles. The van der Waals surface area contributed by atoms with Crippen LogP contribution in [-0.2, 0) is 15.1 Å². The fraction of sp³-hybridized carbons (Fsp3) is 0.593. The monoisotopic (exact) mass is 454 g/mol. The quantitative estimate of drug-likeness (QED) is 0.348. The molecule has 1 aromatic carbocycles. The van der Waals surface area contributed by atoms with Gasteiger partial charge in [0.2, 0.25) is 5.60 Å². The molecule has 33 heavy (non-hydrogen) atoms. The minimum atomic E-state index is -1.68. The second-order valence-corrected chi connectivity index (χ2v) is 10.2. The van der Waals surface area contributed by atoms with Gasteiger partial charge in [0.15, 0.2) is 6.10 Å². The SMILES string of the molecule is O=C(O[C@H]1C[N+]2(CCCOc3ccccc3)CCC1CC2)[C@](O)(c1ccco1)C1CCCC1. The number of fused-ring (bicyclic) bond motifs is 3. The highest BCUT2D eigenvalue weighted by Crippen LogP contribution is 2.43. The standard InChI is InChI=1S/C27H36NO5/c29-26(27(30,22-8-4-5-9-22)25-12-6-18-32-25)33-24-20-28(16-13-21(24)14-17-28)15-7-19-31-23-10-2-1-3-11-23/h1-3,6,10-12,18,21-22,24,30H,4-5,7-9,13-17,19-20H2/q+1/t21?,24-,27+,28?/m0/s1. The van der Waals surface area contributed by atoms with Crippen molar-refractivity contribution in [1.29, 1.82) is 0 Å². The number of para-hydroxylation sites is 1. The van der Waals surface area contributed by atoms with Gasteiger partial charge in [0.05, 0.1) is 32.5 Å². The number of quaternary nitrogens is 1. The van der Waals surface area contributed by atoms with Crippen molar-refractivity contribution in [3.8, 4) is 5.75 Å². The Morgan fingerprint density at radius 3 is 2.52 bits per heavy atom. The number of carbonyl (C=O) groups is 1. The number of piperidine rings is 3. The van der Waals surface area contributed by atoms with Gasteiger partial charge in [-0.15, -0.1) is 0 Å². The topological polar surface area (TPSA) is 68.9 Å². The number of rotatable bonds is 9. The Morgan fingerprint density at radius 2 is 1.82 bits per heavy atom. The molecule has 6 rings (SSSR count). The zero-order valence-corrected chi connectivity index (χ0v) is 19.4. The van der Waals surface area contributed by atoms with Crippen LogP contribution < -0.4 is 4.74 Å². The van der Waals surface area contributed by atoms with Crippen molar-refractivity contribution in [3.05, 3.63) is 54.5 Å². The molecule has 1 N–H and O–H groups in total. The molecule has 2 aromatic rings. The van der Waals surface area contributed by atoms with Crippen molar-refractivity contribution in [1.82, 2.24) is 0 Å². The molecule has 0 spiro atoms. The first kappa shape index (κ1) is 22.5. The Balaban J connectivity index is 1.22. The molecule has 1 saturated carbocycles. The molecule has 1 aliphatic carbocycles. The maximum absolute atomic E-state index is 13.5. The van der Waals surface area contributed by atoms with E-state index in [0.717, 1.165) is 81.4 Å². The van der Waals surface area contributed by atoms with Gasteiger partial charge in [0.1, 0.15) is 18.1 Å². The highest BCUT2D eigenvalue weighted by Gasteiger charge is 2.53. The zero-order chi connectivity index (χ0) is 22.7. The maximum atomic E-state index is 13.5. The Morgan fingerprint density at radius 1 is 1.06 bits per heavy atom. The third-order valence-corrected chi connectivity index (χ3v) is 8.24. The van der Waals surface area contributed by atoms with Crippen LogP contribution in [-0.4, -0.2) is 54.4 Å². The van der Waals surface area contributed by atoms with Crippen LogP contribution in [0.4, 0.5) is 0 Å². The Bertz CT molecular complexity index is 900. The first-order chi connectivity index (χ1) is 16.1. The van der Waals surface area contributed by atoms with Crippen LogP contribution in [0, 0.1) is 11.8 Å². The summed E-state index contributed by atoms with van der Waals surface area (Å²) in [6, 6.07) is 13.4. The van der Waals surface area contributed by atoms with Crippen molar-refractivity contribution >= 4 is 5.97 Å². The van der Waals surface area contributed by atoms with Crippen molar-refractivity contribution < 1.29 is 28.3 Å². The van der Waals surface area contributed by atoms with Crippen LogP contribution in [0.1, 0.15) is 50.7 Å². The van der Waals surface area contributed by atoms with E-state index in [9.17, 15) is 9.90 Å². The fourth-order valence-electron chi connectivity index (χ4n) is 6.31. The van der Waals surface area contributed by atoms with Crippen LogP contribution in [0.5, 0.6) is 5.75 Å². The molecule has 6 nitrogen and oxygen atoms in total. The Labute approximate surface area is 196 Å². The molecule has 1 aromatic heterocycles. The van der Waals surface area contributed by atoms with Crippen molar-refractivity contribution in [3.63, 3.8) is 0 Å². The molecule has 0 amide bonds. The summed E-state index contributed by atoms with van der Waals surface area (Å²) >= 11 is 0. The average Bonchev–Trinajstić information content (AvgIpc) is 3.58. The molecule has 4 heterocycles. The van der Waals surface area contributed by atoms with Gasteiger partial charge in [0, 0.05) is 31.1 Å². The van der Waals surface area contributed by atoms with E-state index in [-0.39, 0.29) is 12.0 Å². The molecule has 0 radical (unpaired) electrons. The highest BCUT2D eigenvalue weighted by atomic mass is 16.6. The molecule has 6 heteroatoms. The van der Waals surface area contributed by atoms with Gasteiger partial charge in [-0.1, -0.05) is 31.0 Å².